The number of rotatable bonds is 3. The van der Waals surface area contributed by atoms with Crippen molar-refractivity contribution in [3.63, 3.8) is 0 Å². The molecule has 0 saturated carbocycles. The number of ether oxygens (including phenoxy) is 2. The average Bonchev–Trinajstić information content (AvgIpc) is 2.54. The Hall–Kier alpha value is -3.16. The second-order valence-electron chi connectivity index (χ2n) is 4.44. The molecule has 8 heteroatoms. The molecule has 1 amide bonds. The zero-order chi connectivity index (χ0) is 15.5. The van der Waals surface area contributed by atoms with Crippen molar-refractivity contribution in [1.29, 1.82) is 0 Å². The Bertz CT molecular complexity index is 733. The Kier molecular flexibility index (Phi) is 3.57. The van der Waals surface area contributed by atoms with Gasteiger partial charge in [-0.1, -0.05) is 6.07 Å². The largest absolute Gasteiger partial charge is 0.486 e. The van der Waals surface area contributed by atoms with Crippen molar-refractivity contribution in [3.8, 4) is 11.5 Å². The summed E-state index contributed by atoms with van der Waals surface area (Å²) < 4.78 is 10.6. The molecule has 0 fully saturated rings. The maximum Gasteiger partial charge on any atom is 0.286 e. The van der Waals surface area contributed by atoms with Crippen molar-refractivity contribution in [2.24, 2.45) is 0 Å². The summed E-state index contributed by atoms with van der Waals surface area (Å²) in [4.78, 5) is 26.8. The minimum atomic E-state index is -0.637. The van der Waals surface area contributed by atoms with Gasteiger partial charge in [0.25, 0.3) is 11.6 Å². The second-order valence-corrected chi connectivity index (χ2v) is 4.44. The van der Waals surface area contributed by atoms with Gasteiger partial charge in [0, 0.05) is 12.3 Å². The molecular formula is C14H11N3O5. The number of aromatic nitrogens is 1. The van der Waals surface area contributed by atoms with Crippen LogP contribution in [0.25, 0.3) is 0 Å². The molecule has 112 valence electrons. The van der Waals surface area contributed by atoms with Gasteiger partial charge in [-0.15, -0.1) is 0 Å². The molecule has 2 aromatic rings. The lowest BCUT2D eigenvalue weighted by Gasteiger charge is -2.18. The number of benzene rings is 1. The van der Waals surface area contributed by atoms with Crippen LogP contribution in [0.5, 0.6) is 11.5 Å². The van der Waals surface area contributed by atoms with Crippen LogP contribution in [0, 0.1) is 10.1 Å². The summed E-state index contributed by atoms with van der Waals surface area (Å²) in [5.41, 5.74) is -0.461. The highest BCUT2D eigenvalue weighted by Crippen LogP contribution is 2.36. The lowest BCUT2D eigenvalue weighted by atomic mass is 10.1. The summed E-state index contributed by atoms with van der Waals surface area (Å²) in [6.07, 6.45) is 1.51. The zero-order valence-corrected chi connectivity index (χ0v) is 11.3. The fraction of sp³-hybridized carbons (Fsp3) is 0.143. The number of nitro groups is 1. The van der Waals surface area contributed by atoms with Gasteiger partial charge >= 0.3 is 0 Å². The van der Waals surface area contributed by atoms with Crippen molar-refractivity contribution in [1.82, 2.24) is 4.98 Å². The number of nitrogens with zero attached hydrogens (tertiary/aromatic N) is 2. The summed E-state index contributed by atoms with van der Waals surface area (Å²) in [5.74, 6) is 0.231. The van der Waals surface area contributed by atoms with E-state index in [-0.39, 0.29) is 17.0 Å². The maximum atomic E-state index is 12.3. The Balaban J connectivity index is 1.97. The quantitative estimate of drug-likeness (QED) is 0.687. The van der Waals surface area contributed by atoms with Crippen LogP contribution in [0.1, 0.15) is 10.4 Å². The van der Waals surface area contributed by atoms with Crippen molar-refractivity contribution in [2.45, 2.75) is 0 Å². The zero-order valence-electron chi connectivity index (χ0n) is 11.3. The van der Waals surface area contributed by atoms with Gasteiger partial charge in [-0.3, -0.25) is 14.9 Å². The third-order valence-corrected chi connectivity index (χ3v) is 3.01. The fourth-order valence-electron chi connectivity index (χ4n) is 2.03. The molecule has 0 saturated heterocycles. The van der Waals surface area contributed by atoms with E-state index in [0.29, 0.717) is 24.8 Å². The number of pyridine rings is 1. The third-order valence-electron chi connectivity index (χ3n) is 3.01. The highest BCUT2D eigenvalue weighted by Gasteiger charge is 2.26. The predicted molar refractivity (Wildman–Crippen MR) is 76.3 cm³/mol. The smallest absolute Gasteiger partial charge is 0.286 e. The van der Waals surface area contributed by atoms with E-state index in [2.05, 4.69) is 10.3 Å². The van der Waals surface area contributed by atoms with Crippen LogP contribution in [-0.2, 0) is 0 Å². The lowest BCUT2D eigenvalue weighted by molar-refractivity contribution is -0.385. The first kappa shape index (κ1) is 13.8. The van der Waals surface area contributed by atoms with Gasteiger partial charge in [-0.25, -0.2) is 4.98 Å². The van der Waals surface area contributed by atoms with Gasteiger partial charge in [-0.2, -0.15) is 0 Å². The highest BCUT2D eigenvalue weighted by atomic mass is 16.6. The molecular weight excluding hydrogens is 290 g/mol. The van der Waals surface area contributed by atoms with Crippen LogP contribution in [0.4, 0.5) is 11.5 Å². The number of carbonyl (C=O) groups is 1. The minimum Gasteiger partial charge on any atom is -0.486 e. The third kappa shape index (κ3) is 2.66. The Morgan fingerprint density at radius 3 is 2.59 bits per heavy atom. The molecule has 0 aliphatic carbocycles. The molecule has 1 aliphatic heterocycles. The van der Waals surface area contributed by atoms with Crippen LogP contribution in [0.15, 0.2) is 36.5 Å². The molecule has 0 bridgehead atoms. The Labute approximate surface area is 124 Å². The molecule has 0 atom stereocenters. The topological polar surface area (TPSA) is 104 Å². The van der Waals surface area contributed by atoms with E-state index in [4.69, 9.17) is 9.47 Å². The maximum absolute atomic E-state index is 12.3. The first-order valence-corrected chi connectivity index (χ1v) is 6.45. The van der Waals surface area contributed by atoms with Crippen molar-refractivity contribution in [2.75, 3.05) is 18.5 Å². The number of nitro benzene ring substituents is 1. The molecule has 1 aliphatic rings. The summed E-state index contributed by atoms with van der Waals surface area (Å²) in [6.45, 7) is 0.635. The first-order valence-electron chi connectivity index (χ1n) is 6.45. The van der Waals surface area contributed by atoms with E-state index in [1.54, 1.807) is 18.2 Å². The van der Waals surface area contributed by atoms with Gasteiger partial charge in [-0.05, 0) is 12.1 Å². The van der Waals surface area contributed by atoms with Crippen molar-refractivity contribution >= 4 is 17.4 Å². The number of carbonyl (C=O) groups excluding carboxylic acids is 1. The molecule has 3 rings (SSSR count). The van der Waals surface area contributed by atoms with E-state index >= 15 is 0 Å². The SMILES string of the molecule is O=C(Nc1ccccn1)c1cc2c(cc1[N+](=O)[O-])OCCO2. The molecule has 8 nitrogen and oxygen atoms in total. The average molecular weight is 301 g/mol. The van der Waals surface area contributed by atoms with Crippen LogP contribution in [0.3, 0.4) is 0 Å². The molecule has 0 radical (unpaired) electrons. The molecule has 2 heterocycles. The van der Waals surface area contributed by atoms with E-state index in [9.17, 15) is 14.9 Å². The van der Waals surface area contributed by atoms with Gasteiger partial charge in [0.1, 0.15) is 24.6 Å². The van der Waals surface area contributed by atoms with Crippen LogP contribution >= 0.6 is 0 Å². The van der Waals surface area contributed by atoms with Crippen molar-refractivity contribution < 1.29 is 19.2 Å². The normalized spacial score (nSPS) is 12.5. The first-order chi connectivity index (χ1) is 10.6. The summed E-state index contributed by atoms with van der Waals surface area (Å²) in [6, 6.07) is 7.48. The Morgan fingerprint density at radius 2 is 1.95 bits per heavy atom. The summed E-state index contributed by atoms with van der Waals surface area (Å²) in [7, 11) is 0. The molecule has 1 aromatic carbocycles. The monoisotopic (exact) mass is 301 g/mol. The molecule has 0 spiro atoms. The fourth-order valence-corrected chi connectivity index (χ4v) is 2.03. The molecule has 0 unspecified atom stereocenters. The number of hydrogen-bond acceptors (Lipinski definition) is 6. The molecule has 1 N–H and O–H groups in total. The number of nitrogens with one attached hydrogen (secondary N) is 1. The van der Waals surface area contributed by atoms with Gasteiger partial charge in [0.15, 0.2) is 11.5 Å². The minimum absolute atomic E-state index is 0.111. The predicted octanol–water partition coefficient (Wildman–Crippen LogP) is 2.01. The molecule has 22 heavy (non-hydrogen) atoms. The second kappa shape index (κ2) is 5.68. The summed E-state index contributed by atoms with van der Waals surface area (Å²) in [5, 5.41) is 13.7. The number of anilines is 1. The number of fused-ring (bicyclic) bond motifs is 1. The van der Waals surface area contributed by atoms with E-state index in [1.807, 2.05) is 0 Å². The van der Waals surface area contributed by atoms with Crippen LogP contribution in [-0.4, -0.2) is 29.0 Å². The van der Waals surface area contributed by atoms with Gasteiger partial charge in [0.05, 0.1) is 11.0 Å². The van der Waals surface area contributed by atoms with Crippen LogP contribution in [0.2, 0.25) is 0 Å². The van der Waals surface area contributed by atoms with Gasteiger partial charge in [0.2, 0.25) is 0 Å². The Morgan fingerprint density at radius 1 is 1.23 bits per heavy atom. The van der Waals surface area contributed by atoms with Crippen LogP contribution < -0.4 is 14.8 Å². The standard InChI is InChI=1S/C14H11N3O5/c18-14(16-13-3-1-2-4-15-13)9-7-11-12(22-6-5-21-11)8-10(9)17(19)20/h1-4,7-8H,5-6H2,(H,15,16,18). The highest BCUT2D eigenvalue weighted by molar-refractivity contribution is 6.07. The lowest BCUT2D eigenvalue weighted by Crippen LogP contribution is -2.19. The summed E-state index contributed by atoms with van der Waals surface area (Å²) >= 11 is 0. The van der Waals surface area contributed by atoms with E-state index < -0.39 is 10.8 Å². The molecule has 1 aromatic heterocycles. The van der Waals surface area contributed by atoms with Gasteiger partial charge < -0.3 is 14.8 Å². The van der Waals surface area contributed by atoms with Crippen molar-refractivity contribution in [3.05, 3.63) is 52.2 Å². The number of amides is 1. The van der Waals surface area contributed by atoms with E-state index in [0.717, 1.165) is 0 Å². The number of hydrogen-bond donors (Lipinski definition) is 1. The van der Waals surface area contributed by atoms with E-state index in [1.165, 1.54) is 18.3 Å².